The molecule has 1 aliphatic heterocycles. The van der Waals surface area contributed by atoms with Crippen molar-refractivity contribution in [1.82, 2.24) is 0 Å². The number of aliphatic hydroxyl groups excluding tert-OH is 2. The van der Waals surface area contributed by atoms with Crippen molar-refractivity contribution in [3.63, 3.8) is 0 Å². The summed E-state index contributed by atoms with van der Waals surface area (Å²) < 4.78 is 14.1. The summed E-state index contributed by atoms with van der Waals surface area (Å²) in [4.78, 5) is 31.4. The first-order valence-electron chi connectivity index (χ1n) is 12.2. The molecule has 0 aliphatic carbocycles. The maximum atomic E-state index is 10.8. The Kier molecular flexibility index (Phi) is 37.6. The number of allylic oxidation sites excluding steroid dienone is 9. The second-order valence-corrected chi connectivity index (χ2v) is 22.9. The van der Waals surface area contributed by atoms with Gasteiger partial charge in [-0.1, -0.05) is 54.7 Å². The van der Waals surface area contributed by atoms with E-state index >= 15 is 0 Å². The van der Waals surface area contributed by atoms with Crippen molar-refractivity contribution in [3.8, 4) is 0 Å². The van der Waals surface area contributed by atoms with E-state index in [1.54, 1.807) is 62.5 Å². The number of carbonyl (C=O) groups is 3. The summed E-state index contributed by atoms with van der Waals surface area (Å²) in [6, 6.07) is 0. The van der Waals surface area contributed by atoms with E-state index < -0.39 is 42.5 Å². The van der Waals surface area contributed by atoms with Crippen LogP contribution in [0.15, 0.2) is 72.9 Å². The predicted octanol–water partition coefficient (Wildman–Crippen LogP) is 6.45. The molecule has 0 spiro atoms. The zero-order valence-electron chi connectivity index (χ0n) is 24.1. The molecule has 0 aromatic carbocycles. The van der Waals surface area contributed by atoms with Crippen molar-refractivity contribution in [2.75, 3.05) is 19.8 Å². The summed E-state index contributed by atoms with van der Waals surface area (Å²) in [5, 5.41) is 25.3. The van der Waals surface area contributed by atoms with Gasteiger partial charge in [0.25, 0.3) is 0 Å². The van der Waals surface area contributed by atoms with Crippen molar-refractivity contribution >= 4 is 55.1 Å². The first-order valence-corrected chi connectivity index (χ1v) is 20.8. The van der Waals surface area contributed by atoms with Crippen LogP contribution in [0.5, 0.6) is 0 Å². The summed E-state index contributed by atoms with van der Waals surface area (Å²) in [6.07, 6.45) is 18.4. The number of epoxide rings is 1. The molecule has 1 heterocycles. The fourth-order valence-corrected chi connectivity index (χ4v) is 1.36. The van der Waals surface area contributed by atoms with Crippen LogP contribution < -0.4 is 0 Å². The first kappa shape index (κ1) is 46.6. The minimum absolute atomic E-state index is 0.0407. The zero-order valence-corrected chi connectivity index (χ0v) is 28.7. The minimum atomic E-state index is -3.11. The SMILES string of the molecule is C/C=C/C=C/C(=O)O.C/C=C/C=C/C(=O)OC(C)CO.C/C=C/C=C/C(=O)OCC(C)O.CC1CO1.[Cl][Ti]([Cl])([Cl])[Cl]. The van der Waals surface area contributed by atoms with Crippen LogP contribution in [0.2, 0.25) is 0 Å². The number of rotatable bonds is 10. The van der Waals surface area contributed by atoms with Crippen LogP contribution in [0.25, 0.3) is 0 Å². The van der Waals surface area contributed by atoms with Gasteiger partial charge in [-0.25, -0.2) is 14.4 Å². The van der Waals surface area contributed by atoms with E-state index in [0.29, 0.717) is 6.10 Å². The number of aliphatic hydroxyl groups is 2. The number of hydrogen-bond donors (Lipinski definition) is 3. The molecule has 1 fully saturated rings. The Bertz CT molecular complexity index is 840. The molecule has 236 valence electrons. The third kappa shape index (κ3) is 67.9. The van der Waals surface area contributed by atoms with E-state index in [4.69, 9.17) is 62.0 Å². The molecule has 14 heteroatoms. The Morgan fingerprint density at radius 1 is 0.878 bits per heavy atom. The van der Waals surface area contributed by atoms with Crippen LogP contribution in [-0.2, 0) is 40.9 Å². The van der Waals surface area contributed by atoms with Crippen molar-refractivity contribution in [2.24, 2.45) is 0 Å². The van der Waals surface area contributed by atoms with Crippen molar-refractivity contribution in [1.29, 1.82) is 0 Å². The van der Waals surface area contributed by atoms with Crippen LogP contribution >= 0.6 is 37.2 Å². The van der Waals surface area contributed by atoms with Gasteiger partial charge in [0.2, 0.25) is 0 Å². The summed E-state index contributed by atoms with van der Waals surface area (Å²) in [7, 11) is 20.1. The Morgan fingerprint density at radius 3 is 1.54 bits per heavy atom. The van der Waals surface area contributed by atoms with Gasteiger partial charge in [-0.2, -0.15) is 0 Å². The topological polar surface area (TPSA) is 143 Å². The Labute approximate surface area is 262 Å². The average Bonchev–Trinajstić information content (AvgIpc) is 3.65. The third-order valence-corrected chi connectivity index (χ3v) is 3.16. The molecule has 3 N–H and O–H groups in total. The fourth-order valence-electron chi connectivity index (χ4n) is 1.36. The molecule has 0 saturated carbocycles. The number of hydrogen-bond acceptors (Lipinski definition) is 8. The summed E-state index contributed by atoms with van der Waals surface area (Å²) in [5.74, 6) is -1.79. The summed E-state index contributed by atoms with van der Waals surface area (Å²) >= 11 is -3.11. The molecule has 0 bridgehead atoms. The van der Waals surface area contributed by atoms with Crippen LogP contribution in [0.4, 0.5) is 0 Å². The van der Waals surface area contributed by atoms with Gasteiger partial charge < -0.3 is 29.5 Å². The van der Waals surface area contributed by atoms with Gasteiger partial charge in [0.05, 0.1) is 25.4 Å². The quantitative estimate of drug-likeness (QED) is 0.0771. The van der Waals surface area contributed by atoms with E-state index in [2.05, 4.69) is 11.7 Å². The van der Waals surface area contributed by atoms with Crippen molar-refractivity contribution < 1.29 is 56.3 Å². The number of aliphatic carboxylic acids is 1. The summed E-state index contributed by atoms with van der Waals surface area (Å²) in [5.41, 5.74) is 0. The molecule has 3 unspecified atom stereocenters. The number of carboxylic acids is 1. The van der Waals surface area contributed by atoms with Gasteiger partial charge in [0, 0.05) is 18.2 Å². The molecular formula is C27H42Cl4O9Ti. The Hall–Kier alpha value is -1.40. The van der Waals surface area contributed by atoms with Gasteiger partial charge in [-0.3, -0.25) is 0 Å². The summed E-state index contributed by atoms with van der Waals surface area (Å²) in [6.45, 7) is 11.6. The number of carboxylic acid groups (broad SMARTS) is 1. The predicted molar refractivity (Wildman–Crippen MR) is 164 cm³/mol. The molecule has 41 heavy (non-hydrogen) atoms. The molecule has 3 atom stereocenters. The average molecular weight is 700 g/mol. The van der Waals surface area contributed by atoms with Crippen LogP contribution in [0.1, 0.15) is 41.5 Å². The van der Waals surface area contributed by atoms with E-state index in [1.807, 2.05) is 20.8 Å². The van der Waals surface area contributed by atoms with Gasteiger partial charge in [-0.05, 0) is 41.5 Å². The Balaban J connectivity index is -0.000000220. The van der Waals surface area contributed by atoms with Gasteiger partial charge in [0.15, 0.2) is 0 Å². The monoisotopic (exact) mass is 698 g/mol. The van der Waals surface area contributed by atoms with Crippen LogP contribution in [-0.4, -0.2) is 71.4 Å². The fraction of sp³-hybridized carbons (Fsp3) is 0.444. The second kappa shape index (κ2) is 33.1. The van der Waals surface area contributed by atoms with Gasteiger partial charge in [0.1, 0.15) is 12.7 Å². The number of carbonyl (C=O) groups excluding carboxylic acids is 2. The van der Waals surface area contributed by atoms with Crippen LogP contribution in [0, 0.1) is 0 Å². The van der Waals surface area contributed by atoms with Crippen LogP contribution in [0.3, 0.4) is 0 Å². The number of ether oxygens (including phenoxy) is 3. The Morgan fingerprint density at radius 2 is 1.24 bits per heavy atom. The number of halogens is 4. The van der Waals surface area contributed by atoms with E-state index in [9.17, 15) is 14.4 Å². The molecular weight excluding hydrogens is 658 g/mol. The van der Waals surface area contributed by atoms with Crippen molar-refractivity contribution in [2.45, 2.75) is 59.9 Å². The third-order valence-electron chi connectivity index (χ3n) is 3.16. The van der Waals surface area contributed by atoms with Gasteiger partial charge >= 0.3 is 67.5 Å². The normalized spacial score (nSPS) is 15.7. The van der Waals surface area contributed by atoms with E-state index in [0.717, 1.165) is 12.7 Å². The zero-order chi connectivity index (χ0) is 32.7. The van der Waals surface area contributed by atoms with E-state index in [-0.39, 0.29) is 13.2 Å². The standard InChI is InChI=1S/2C9H14O3.C6H8O2.C3H6O.4ClH.Ti/c1-3-4-5-6-9(11)12-7-8(2)10;1-3-4-5-6-9(11)12-8(2)7-10;1-2-3-4-5-6(7)8;1-3-2-4-3;;;;;/h2*3-6,8,10H,7H2,1-2H3;2-5H,1H3,(H,7,8);3H,2H2,1H3;4*1H;/q;;;;;;;;+4/p-4/b2*4-3+,6-5+;3-2+,5-4+;;;;;;. The second-order valence-electron chi connectivity index (χ2n) is 7.47. The number of esters is 2. The first-order chi connectivity index (χ1) is 19.0. The van der Waals surface area contributed by atoms with Crippen molar-refractivity contribution in [3.05, 3.63) is 72.9 Å². The van der Waals surface area contributed by atoms with E-state index in [1.165, 1.54) is 18.2 Å². The molecule has 0 aromatic rings. The molecule has 9 nitrogen and oxygen atoms in total. The molecule has 0 amide bonds. The molecule has 0 radical (unpaired) electrons. The molecule has 0 aromatic heterocycles. The molecule has 1 rings (SSSR count). The molecule has 1 saturated heterocycles. The van der Waals surface area contributed by atoms with Gasteiger partial charge in [-0.15, -0.1) is 0 Å². The maximum absolute atomic E-state index is 10.8. The molecule has 1 aliphatic rings.